The average molecular weight is 237 g/mol. The van der Waals surface area contributed by atoms with Crippen LogP contribution in [0.15, 0.2) is 4.42 Å². The second-order valence-corrected chi connectivity index (χ2v) is 4.90. The van der Waals surface area contributed by atoms with Crippen LogP contribution in [0.1, 0.15) is 69.6 Å². The van der Waals surface area contributed by atoms with Crippen LogP contribution >= 0.6 is 0 Å². The first-order chi connectivity index (χ1) is 8.40. The molecule has 4 nitrogen and oxygen atoms in total. The number of nitrogens with one attached hydrogen (secondary N) is 1. The molecule has 1 fully saturated rings. The summed E-state index contributed by atoms with van der Waals surface area (Å²) in [5, 5.41) is 11.6. The van der Waals surface area contributed by atoms with E-state index in [1.165, 1.54) is 38.5 Å². The minimum Gasteiger partial charge on any atom is -0.424 e. The van der Waals surface area contributed by atoms with Gasteiger partial charge in [-0.25, -0.2) is 0 Å². The fourth-order valence-corrected chi connectivity index (χ4v) is 2.40. The van der Waals surface area contributed by atoms with Gasteiger partial charge in [-0.15, -0.1) is 10.2 Å². The number of hydrogen-bond donors (Lipinski definition) is 1. The normalized spacial score (nSPS) is 18.2. The van der Waals surface area contributed by atoms with E-state index >= 15 is 0 Å². The molecule has 1 saturated carbocycles. The SMILES string of the molecule is CCCNCc1nnc(C2CCCCCC2)o1. The summed E-state index contributed by atoms with van der Waals surface area (Å²) in [6.07, 6.45) is 8.87. The van der Waals surface area contributed by atoms with Crippen molar-refractivity contribution in [3.63, 3.8) is 0 Å². The highest BCUT2D eigenvalue weighted by Gasteiger charge is 2.19. The van der Waals surface area contributed by atoms with Crippen molar-refractivity contribution in [3.8, 4) is 0 Å². The van der Waals surface area contributed by atoms with Crippen molar-refractivity contribution in [2.75, 3.05) is 6.54 Å². The Morgan fingerprint density at radius 3 is 2.65 bits per heavy atom. The predicted molar refractivity (Wildman–Crippen MR) is 66.7 cm³/mol. The molecule has 0 unspecified atom stereocenters. The highest BCUT2D eigenvalue weighted by atomic mass is 16.4. The maximum atomic E-state index is 5.74. The first kappa shape index (κ1) is 12.6. The molecule has 0 amide bonds. The zero-order valence-corrected chi connectivity index (χ0v) is 10.7. The quantitative estimate of drug-likeness (QED) is 0.632. The molecule has 96 valence electrons. The van der Waals surface area contributed by atoms with E-state index in [0.717, 1.165) is 24.7 Å². The Morgan fingerprint density at radius 1 is 1.18 bits per heavy atom. The lowest BCUT2D eigenvalue weighted by Gasteiger charge is -2.07. The van der Waals surface area contributed by atoms with Gasteiger partial charge >= 0.3 is 0 Å². The van der Waals surface area contributed by atoms with Gasteiger partial charge in [-0.2, -0.15) is 0 Å². The lowest BCUT2D eigenvalue weighted by Crippen LogP contribution is -2.13. The topological polar surface area (TPSA) is 51.0 Å². The Bertz CT molecular complexity index is 316. The summed E-state index contributed by atoms with van der Waals surface area (Å²) in [6, 6.07) is 0. The molecule has 1 aliphatic carbocycles. The zero-order chi connectivity index (χ0) is 11.9. The third-order valence-electron chi connectivity index (χ3n) is 3.39. The third kappa shape index (κ3) is 3.80. The van der Waals surface area contributed by atoms with E-state index in [2.05, 4.69) is 22.4 Å². The molecule has 17 heavy (non-hydrogen) atoms. The molecule has 0 aromatic carbocycles. The van der Waals surface area contributed by atoms with E-state index in [-0.39, 0.29) is 0 Å². The highest BCUT2D eigenvalue weighted by Crippen LogP contribution is 2.30. The number of rotatable bonds is 5. The molecule has 0 spiro atoms. The first-order valence-corrected chi connectivity index (χ1v) is 6.93. The van der Waals surface area contributed by atoms with Gasteiger partial charge in [-0.1, -0.05) is 32.6 Å². The van der Waals surface area contributed by atoms with Crippen LogP contribution in [0.4, 0.5) is 0 Å². The van der Waals surface area contributed by atoms with Crippen LogP contribution in [0.25, 0.3) is 0 Å². The monoisotopic (exact) mass is 237 g/mol. The second kappa shape index (κ2) is 6.74. The van der Waals surface area contributed by atoms with Gasteiger partial charge in [0.1, 0.15) is 0 Å². The van der Waals surface area contributed by atoms with Crippen molar-refractivity contribution in [2.24, 2.45) is 0 Å². The Balaban J connectivity index is 1.87. The van der Waals surface area contributed by atoms with Crippen molar-refractivity contribution in [3.05, 3.63) is 11.8 Å². The van der Waals surface area contributed by atoms with Crippen molar-refractivity contribution >= 4 is 0 Å². The summed E-state index contributed by atoms with van der Waals surface area (Å²) in [5.74, 6) is 2.10. The van der Waals surface area contributed by atoms with E-state index in [1.54, 1.807) is 0 Å². The summed E-state index contributed by atoms with van der Waals surface area (Å²) in [4.78, 5) is 0. The molecule has 0 saturated heterocycles. The number of hydrogen-bond acceptors (Lipinski definition) is 4. The number of nitrogens with zero attached hydrogens (tertiary/aromatic N) is 2. The molecule has 0 aliphatic heterocycles. The molecular weight excluding hydrogens is 214 g/mol. The van der Waals surface area contributed by atoms with E-state index in [1.807, 2.05) is 0 Å². The van der Waals surface area contributed by atoms with Gasteiger partial charge in [0, 0.05) is 5.92 Å². The Morgan fingerprint density at radius 2 is 1.94 bits per heavy atom. The first-order valence-electron chi connectivity index (χ1n) is 6.93. The minimum absolute atomic E-state index is 0.505. The largest absolute Gasteiger partial charge is 0.424 e. The van der Waals surface area contributed by atoms with Crippen LogP contribution in [0.3, 0.4) is 0 Å². The molecule has 1 aromatic rings. The average Bonchev–Trinajstić information content (AvgIpc) is 2.64. The van der Waals surface area contributed by atoms with Gasteiger partial charge in [-0.05, 0) is 25.8 Å². The standard InChI is InChI=1S/C13H23N3O/c1-2-9-14-10-12-15-16-13(17-12)11-7-5-3-4-6-8-11/h11,14H,2-10H2,1H3. The van der Waals surface area contributed by atoms with Gasteiger partial charge in [0.2, 0.25) is 11.8 Å². The molecule has 4 heteroatoms. The summed E-state index contributed by atoms with van der Waals surface area (Å²) < 4.78 is 5.74. The molecule has 0 atom stereocenters. The summed E-state index contributed by atoms with van der Waals surface area (Å²) in [6.45, 7) is 3.85. The fraction of sp³-hybridized carbons (Fsp3) is 0.846. The van der Waals surface area contributed by atoms with Crippen molar-refractivity contribution < 1.29 is 4.42 Å². The zero-order valence-electron chi connectivity index (χ0n) is 10.7. The molecule has 1 heterocycles. The maximum Gasteiger partial charge on any atom is 0.230 e. The molecule has 1 aliphatic rings. The fourth-order valence-electron chi connectivity index (χ4n) is 2.40. The van der Waals surface area contributed by atoms with Crippen LogP contribution in [-0.4, -0.2) is 16.7 Å². The van der Waals surface area contributed by atoms with Crippen LogP contribution in [0.5, 0.6) is 0 Å². The number of aromatic nitrogens is 2. The summed E-state index contributed by atoms with van der Waals surface area (Å²) >= 11 is 0. The van der Waals surface area contributed by atoms with Crippen LogP contribution in [0, 0.1) is 0 Å². The third-order valence-corrected chi connectivity index (χ3v) is 3.39. The molecule has 0 radical (unpaired) electrons. The maximum absolute atomic E-state index is 5.74. The lowest BCUT2D eigenvalue weighted by atomic mass is 10.0. The van der Waals surface area contributed by atoms with E-state index in [4.69, 9.17) is 4.42 Å². The minimum atomic E-state index is 0.505. The van der Waals surface area contributed by atoms with Crippen molar-refractivity contribution in [1.29, 1.82) is 0 Å². The van der Waals surface area contributed by atoms with Gasteiger partial charge < -0.3 is 9.73 Å². The molecule has 2 rings (SSSR count). The Kier molecular flexibility index (Phi) is 4.98. The molecule has 1 N–H and O–H groups in total. The molecular formula is C13H23N3O. The smallest absolute Gasteiger partial charge is 0.230 e. The summed E-state index contributed by atoms with van der Waals surface area (Å²) in [5.41, 5.74) is 0. The van der Waals surface area contributed by atoms with Gasteiger partial charge in [0.25, 0.3) is 0 Å². The molecule has 0 bridgehead atoms. The van der Waals surface area contributed by atoms with Crippen molar-refractivity contribution in [2.45, 2.75) is 64.3 Å². The van der Waals surface area contributed by atoms with Crippen molar-refractivity contribution in [1.82, 2.24) is 15.5 Å². The van der Waals surface area contributed by atoms with Gasteiger partial charge in [-0.3, -0.25) is 0 Å². The van der Waals surface area contributed by atoms with E-state index < -0.39 is 0 Å². The Labute approximate surface area is 103 Å². The highest BCUT2D eigenvalue weighted by molar-refractivity contribution is 4.92. The van der Waals surface area contributed by atoms with Crippen LogP contribution < -0.4 is 5.32 Å². The second-order valence-electron chi connectivity index (χ2n) is 4.90. The lowest BCUT2D eigenvalue weighted by molar-refractivity contribution is 0.386. The Hall–Kier alpha value is -0.900. The summed E-state index contributed by atoms with van der Waals surface area (Å²) in [7, 11) is 0. The molecule has 1 aromatic heterocycles. The van der Waals surface area contributed by atoms with Crippen LogP contribution in [-0.2, 0) is 6.54 Å². The van der Waals surface area contributed by atoms with Gasteiger partial charge in [0.05, 0.1) is 6.54 Å². The van der Waals surface area contributed by atoms with Gasteiger partial charge in [0.15, 0.2) is 0 Å². The van der Waals surface area contributed by atoms with E-state index in [0.29, 0.717) is 12.5 Å². The van der Waals surface area contributed by atoms with E-state index in [9.17, 15) is 0 Å². The predicted octanol–water partition coefficient (Wildman–Crippen LogP) is 3.01. The van der Waals surface area contributed by atoms with Crippen LogP contribution in [0.2, 0.25) is 0 Å².